The fourth-order valence-corrected chi connectivity index (χ4v) is 3.86. The van der Waals surface area contributed by atoms with Crippen molar-refractivity contribution in [1.29, 1.82) is 0 Å². The molecule has 2 aliphatic rings. The first-order valence-electron chi connectivity index (χ1n) is 10.3. The zero-order valence-electron chi connectivity index (χ0n) is 16.6. The lowest BCUT2D eigenvalue weighted by molar-refractivity contribution is -0.274. The number of urea groups is 2. The van der Waals surface area contributed by atoms with Crippen LogP contribution in [-0.2, 0) is 0 Å². The second-order valence-corrected chi connectivity index (χ2v) is 7.69. The summed E-state index contributed by atoms with van der Waals surface area (Å²) in [7, 11) is 0. The number of carbonyl (C=O) groups is 2. The summed E-state index contributed by atoms with van der Waals surface area (Å²) in [6.45, 7) is 0.783. The third kappa shape index (κ3) is 6.70. The van der Waals surface area contributed by atoms with Gasteiger partial charge in [0.2, 0.25) is 0 Å². The van der Waals surface area contributed by atoms with E-state index in [1.54, 1.807) is 0 Å². The Bertz CT molecular complexity index is 730. The van der Waals surface area contributed by atoms with Gasteiger partial charge < -0.3 is 25.6 Å². The van der Waals surface area contributed by atoms with E-state index in [9.17, 15) is 22.8 Å². The van der Waals surface area contributed by atoms with Crippen LogP contribution in [0.1, 0.15) is 44.9 Å². The third-order valence-electron chi connectivity index (χ3n) is 5.41. The summed E-state index contributed by atoms with van der Waals surface area (Å²) in [5.41, 5.74) is -0.0491. The van der Waals surface area contributed by atoms with Crippen molar-refractivity contribution >= 4 is 17.7 Å². The molecule has 1 aliphatic carbocycles. The van der Waals surface area contributed by atoms with Crippen molar-refractivity contribution in [2.45, 2.75) is 63.4 Å². The van der Waals surface area contributed by atoms with Crippen molar-refractivity contribution in [3.05, 3.63) is 24.3 Å². The van der Waals surface area contributed by atoms with Gasteiger partial charge in [-0.15, -0.1) is 13.2 Å². The number of amides is 4. The quantitative estimate of drug-likeness (QED) is 0.672. The van der Waals surface area contributed by atoms with Crippen LogP contribution in [-0.4, -0.2) is 48.5 Å². The molecule has 0 aromatic heterocycles. The molecule has 0 bridgehead atoms. The number of nitrogens with zero attached hydrogens (tertiary/aromatic N) is 1. The van der Waals surface area contributed by atoms with Crippen LogP contribution < -0.4 is 20.7 Å². The number of hydrogen-bond donors (Lipinski definition) is 3. The van der Waals surface area contributed by atoms with Crippen molar-refractivity contribution in [3.63, 3.8) is 0 Å². The van der Waals surface area contributed by atoms with Gasteiger partial charge in [-0.05, 0) is 37.8 Å². The molecule has 7 nitrogen and oxygen atoms in total. The van der Waals surface area contributed by atoms with Crippen molar-refractivity contribution in [2.75, 3.05) is 18.4 Å². The van der Waals surface area contributed by atoms with Gasteiger partial charge in [0.15, 0.2) is 5.75 Å². The first kappa shape index (κ1) is 22.0. The highest BCUT2D eigenvalue weighted by Gasteiger charge is 2.32. The lowest BCUT2D eigenvalue weighted by Crippen LogP contribution is -2.51. The molecule has 0 spiro atoms. The molecule has 2 fully saturated rings. The summed E-state index contributed by atoms with van der Waals surface area (Å²) in [6, 6.07) is 4.91. The van der Waals surface area contributed by atoms with Crippen LogP contribution >= 0.6 is 0 Å². The van der Waals surface area contributed by atoms with E-state index in [1.165, 1.54) is 29.5 Å². The van der Waals surface area contributed by atoms with Gasteiger partial charge in [0.1, 0.15) is 0 Å². The summed E-state index contributed by atoms with van der Waals surface area (Å²) in [4.78, 5) is 26.1. The predicted octanol–water partition coefficient (Wildman–Crippen LogP) is 4.21. The number of benzene rings is 1. The smallest absolute Gasteiger partial charge is 0.404 e. The van der Waals surface area contributed by atoms with Crippen LogP contribution in [0.15, 0.2) is 24.3 Å². The normalized spacial score (nSPS) is 18.6. The molecule has 30 heavy (non-hydrogen) atoms. The van der Waals surface area contributed by atoms with E-state index < -0.39 is 18.1 Å². The maximum absolute atomic E-state index is 12.5. The van der Waals surface area contributed by atoms with Crippen molar-refractivity contribution in [1.82, 2.24) is 15.5 Å². The molecule has 1 heterocycles. The average molecular weight is 428 g/mol. The largest absolute Gasteiger partial charge is 0.573 e. The molecular weight excluding hydrogens is 401 g/mol. The summed E-state index contributed by atoms with van der Waals surface area (Å²) < 4.78 is 41.5. The van der Waals surface area contributed by atoms with Crippen molar-refractivity contribution in [3.8, 4) is 5.75 Å². The highest BCUT2D eigenvalue weighted by atomic mass is 19.4. The lowest BCUT2D eigenvalue weighted by Gasteiger charge is -2.33. The van der Waals surface area contributed by atoms with Crippen LogP contribution in [0.2, 0.25) is 0 Å². The van der Waals surface area contributed by atoms with E-state index in [2.05, 4.69) is 20.7 Å². The topological polar surface area (TPSA) is 82.7 Å². The number of hydrogen-bond acceptors (Lipinski definition) is 3. The summed E-state index contributed by atoms with van der Waals surface area (Å²) in [6.07, 6.45) is 1.80. The predicted molar refractivity (Wildman–Crippen MR) is 105 cm³/mol. The number of para-hydroxylation sites is 2. The molecule has 1 aromatic carbocycles. The van der Waals surface area contributed by atoms with Crippen LogP contribution in [0.25, 0.3) is 0 Å². The van der Waals surface area contributed by atoms with E-state index >= 15 is 0 Å². The number of anilines is 1. The number of ether oxygens (including phenoxy) is 1. The number of piperidine rings is 1. The van der Waals surface area contributed by atoms with E-state index in [-0.39, 0.29) is 23.8 Å². The molecule has 1 aromatic rings. The molecule has 166 valence electrons. The molecule has 1 aliphatic heterocycles. The highest BCUT2D eigenvalue weighted by Crippen LogP contribution is 2.30. The van der Waals surface area contributed by atoms with Gasteiger partial charge in [-0.2, -0.15) is 0 Å². The van der Waals surface area contributed by atoms with E-state index in [1.807, 2.05) is 0 Å². The average Bonchev–Trinajstić information content (AvgIpc) is 2.69. The minimum absolute atomic E-state index is 0.0431. The number of nitrogens with one attached hydrogen (secondary N) is 3. The van der Waals surface area contributed by atoms with E-state index in [0.717, 1.165) is 31.7 Å². The monoisotopic (exact) mass is 428 g/mol. The molecular formula is C20H27F3N4O3. The van der Waals surface area contributed by atoms with Crippen LogP contribution in [0.3, 0.4) is 0 Å². The van der Waals surface area contributed by atoms with Gasteiger partial charge in [0.05, 0.1) is 5.69 Å². The summed E-state index contributed by atoms with van der Waals surface area (Å²) in [5.74, 6) is -0.464. The Hall–Kier alpha value is -2.65. The third-order valence-corrected chi connectivity index (χ3v) is 5.41. The Balaban J connectivity index is 1.45. The number of halogens is 3. The number of rotatable bonds is 4. The molecule has 1 saturated carbocycles. The second kappa shape index (κ2) is 9.90. The fourth-order valence-electron chi connectivity index (χ4n) is 3.86. The molecule has 0 unspecified atom stereocenters. The van der Waals surface area contributed by atoms with Crippen LogP contribution in [0.4, 0.5) is 28.4 Å². The second-order valence-electron chi connectivity index (χ2n) is 7.69. The zero-order valence-corrected chi connectivity index (χ0v) is 16.6. The van der Waals surface area contributed by atoms with Gasteiger partial charge in [-0.25, -0.2) is 9.59 Å². The van der Waals surface area contributed by atoms with Gasteiger partial charge in [0.25, 0.3) is 0 Å². The van der Waals surface area contributed by atoms with Gasteiger partial charge >= 0.3 is 18.4 Å². The first-order valence-corrected chi connectivity index (χ1v) is 10.3. The fraction of sp³-hybridized carbons (Fsp3) is 0.600. The Morgan fingerprint density at radius 2 is 1.53 bits per heavy atom. The molecule has 0 radical (unpaired) electrons. The molecule has 1 saturated heterocycles. The minimum Gasteiger partial charge on any atom is -0.404 e. The maximum Gasteiger partial charge on any atom is 0.573 e. The van der Waals surface area contributed by atoms with Crippen molar-refractivity contribution < 1.29 is 27.5 Å². The molecule has 10 heteroatoms. The molecule has 0 atom stereocenters. The van der Waals surface area contributed by atoms with Gasteiger partial charge in [-0.1, -0.05) is 31.4 Å². The molecule has 3 N–H and O–H groups in total. The highest BCUT2D eigenvalue weighted by molar-refractivity contribution is 5.91. The Morgan fingerprint density at radius 1 is 0.933 bits per heavy atom. The first-order chi connectivity index (χ1) is 14.3. The molecule has 3 rings (SSSR count). The Labute approximate surface area is 173 Å². The minimum atomic E-state index is -4.84. The van der Waals surface area contributed by atoms with Crippen LogP contribution in [0, 0.1) is 0 Å². The van der Waals surface area contributed by atoms with Gasteiger partial charge in [-0.3, -0.25) is 0 Å². The van der Waals surface area contributed by atoms with E-state index in [0.29, 0.717) is 25.9 Å². The maximum atomic E-state index is 12.5. The SMILES string of the molecule is O=C(NC1CCCCC1)NC1CCN(C(=O)Nc2ccccc2OC(F)(F)F)CC1. The van der Waals surface area contributed by atoms with Crippen LogP contribution in [0.5, 0.6) is 5.75 Å². The van der Waals surface area contributed by atoms with E-state index in [4.69, 9.17) is 0 Å². The summed E-state index contributed by atoms with van der Waals surface area (Å²) in [5, 5.41) is 8.44. The van der Waals surface area contributed by atoms with Gasteiger partial charge in [0, 0.05) is 25.2 Å². The zero-order chi connectivity index (χ0) is 21.6. The summed E-state index contributed by atoms with van der Waals surface area (Å²) >= 11 is 0. The number of likely N-dealkylation sites (tertiary alicyclic amines) is 1. The Morgan fingerprint density at radius 3 is 2.17 bits per heavy atom. The lowest BCUT2D eigenvalue weighted by atomic mass is 9.96. The molecule has 4 amide bonds. The number of alkyl halides is 3. The van der Waals surface area contributed by atoms with Crippen molar-refractivity contribution in [2.24, 2.45) is 0 Å². The standard InChI is InChI=1S/C20H27F3N4O3/c21-20(22,23)30-17-9-5-4-8-16(17)26-19(29)27-12-10-15(11-13-27)25-18(28)24-14-6-2-1-3-7-14/h4-5,8-9,14-15H,1-3,6-7,10-13H2,(H,26,29)(H2,24,25,28). The number of carbonyl (C=O) groups excluding carboxylic acids is 2. The Kier molecular flexibility index (Phi) is 7.28.